The van der Waals surface area contributed by atoms with E-state index in [9.17, 15) is 5.11 Å². The van der Waals surface area contributed by atoms with Crippen LogP contribution in [0.5, 0.6) is 5.75 Å². The van der Waals surface area contributed by atoms with Crippen LogP contribution in [0.1, 0.15) is 0 Å². The quantitative estimate of drug-likeness (QED) is 0.816. The van der Waals surface area contributed by atoms with Gasteiger partial charge in [0.05, 0.1) is 0 Å². The maximum atomic E-state index is 9.28. The van der Waals surface area contributed by atoms with Crippen LogP contribution in [0.25, 0.3) is 10.8 Å². The number of hydrogen-bond acceptors (Lipinski definition) is 3. The molecular formula is C13H15NO2. The molecule has 0 aliphatic carbocycles. The monoisotopic (exact) mass is 217 g/mol. The summed E-state index contributed by atoms with van der Waals surface area (Å²) in [5.74, 6) is 0.756. The average Bonchev–Trinajstić information content (AvgIpc) is 2.35. The molecule has 0 bridgehead atoms. The second kappa shape index (κ2) is 4.96. The van der Waals surface area contributed by atoms with Crippen LogP contribution in [-0.2, 0) is 0 Å². The third kappa shape index (κ3) is 2.51. The molecule has 2 aromatic rings. The maximum Gasteiger partial charge on any atom is 0.120 e. The summed E-state index contributed by atoms with van der Waals surface area (Å²) in [5.41, 5.74) is 5.30. The fourth-order valence-electron chi connectivity index (χ4n) is 1.52. The van der Waals surface area contributed by atoms with E-state index in [4.69, 9.17) is 10.5 Å². The Morgan fingerprint density at radius 2 is 1.88 bits per heavy atom. The number of aliphatic hydroxyl groups is 1. The van der Waals surface area contributed by atoms with Crippen LogP contribution < -0.4 is 10.5 Å². The maximum absolute atomic E-state index is 9.28. The molecule has 0 heterocycles. The highest BCUT2D eigenvalue weighted by molar-refractivity contribution is 5.83. The lowest BCUT2D eigenvalue weighted by molar-refractivity contribution is 0.114. The molecule has 0 unspecified atom stereocenters. The third-order valence-corrected chi connectivity index (χ3v) is 2.44. The largest absolute Gasteiger partial charge is 0.491 e. The molecule has 3 heteroatoms. The summed E-state index contributed by atoms with van der Waals surface area (Å²) in [7, 11) is 0. The Hall–Kier alpha value is -1.58. The van der Waals surface area contributed by atoms with Gasteiger partial charge in [-0.05, 0) is 22.9 Å². The summed E-state index contributed by atoms with van der Waals surface area (Å²) in [4.78, 5) is 0. The predicted molar refractivity (Wildman–Crippen MR) is 64.5 cm³/mol. The zero-order chi connectivity index (χ0) is 11.4. The van der Waals surface area contributed by atoms with Crippen molar-refractivity contribution in [3.8, 4) is 5.75 Å². The lowest BCUT2D eigenvalue weighted by Gasteiger charge is -2.10. The summed E-state index contributed by atoms with van der Waals surface area (Å²) >= 11 is 0. The predicted octanol–water partition coefficient (Wildman–Crippen LogP) is 1.54. The van der Waals surface area contributed by atoms with Crippen LogP contribution >= 0.6 is 0 Å². The van der Waals surface area contributed by atoms with E-state index >= 15 is 0 Å². The van der Waals surface area contributed by atoms with E-state index in [2.05, 4.69) is 0 Å². The van der Waals surface area contributed by atoms with Crippen molar-refractivity contribution in [2.24, 2.45) is 5.73 Å². The zero-order valence-corrected chi connectivity index (χ0v) is 8.97. The van der Waals surface area contributed by atoms with E-state index < -0.39 is 6.10 Å². The lowest BCUT2D eigenvalue weighted by Crippen LogP contribution is -2.26. The molecule has 0 aromatic heterocycles. The molecule has 2 aromatic carbocycles. The van der Waals surface area contributed by atoms with Crippen LogP contribution in [-0.4, -0.2) is 24.4 Å². The molecule has 0 saturated heterocycles. The molecule has 3 N–H and O–H groups in total. The van der Waals surface area contributed by atoms with Crippen molar-refractivity contribution in [1.82, 2.24) is 0 Å². The molecule has 0 spiro atoms. The molecule has 0 radical (unpaired) electrons. The van der Waals surface area contributed by atoms with Gasteiger partial charge in [-0.3, -0.25) is 0 Å². The number of aliphatic hydroxyl groups excluding tert-OH is 1. The molecule has 16 heavy (non-hydrogen) atoms. The van der Waals surface area contributed by atoms with Gasteiger partial charge >= 0.3 is 0 Å². The Labute approximate surface area is 94.5 Å². The van der Waals surface area contributed by atoms with Crippen molar-refractivity contribution in [3.05, 3.63) is 42.5 Å². The van der Waals surface area contributed by atoms with Crippen molar-refractivity contribution in [1.29, 1.82) is 0 Å². The van der Waals surface area contributed by atoms with Gasteiger partial charge in [0.2, 0.25) is 0 Å². The molecule has 0 saturated carbocycles. The molecule has 84 valence electrons. The Balaban J connectivity index is 2.13. The third-order valence-electron chi connectivity index (χ3n) is 2.44. The van der Waals surface area contributed by atoms with Crippen molar-refractivity contribution in [2.45, 2.75) is 6.10 Å². The van der Waals surface area contributed by atoms with Crippen molar-refractivity contribution >= 4 is 10.8 Å². The number of nitrogens with two attached hydrogens (primary N) is 1. The average molecular weight is 217 g/mol. The molecule has 0 fully saturated rings. The zero-order valence-electron chi connectivity index (χ0n) is 8.97. The minimum absolute atomic E-state index is 0.216. The number of ether oxygens (including phenoxy) is 1. The number of rotatable bonds is 4. The normalized spacial score (nSPS) is 12.6. The fraction of sp³-hybridized carbons (Fsp3) is 0.231. The van der Waals surface area contributed by atoms with E-state index in [1.807, 2.05) is 42.5 Å². The first-order valence-electron chi connectivity index (χ1n) is 5.29. The summed E-state index contributed by atoms with van der Waals surface area (Å²) < 4.78 is 5.44. The van der Waals surface area contributed by atoms with Gasteiger partial charge in [-0.15, -0.1) is 0 Å². The van der Waals surface area contributed by atoms with Crippen LogP contribution in [0.2, 0.25) is 0 Å². The molecule has 0 aliphatic heterocycles. The second-order valence-electron chi connectivity index (χ2n) is 3.71. The van der Waals surface area contributed by atoms with Crippen LogP contribution in [0, 0.1) is 0 Å². The molecule has 3 nitrogen and oxygen atoms in total. The number of benzene rings is 2. The first-order valence-corrected chi connectivity index (χ1v) is 5.29. The second-order valence-corrected chi connectivity index (χ2v) is 3.71. The highest BCUT2D eigenvalue weighted by Crippen LogP contribution is 2.20. The van der Waals surface area contributed by atoms with E-state index in [1.54, 1.807) is 0 Å². The molecule has 0 amide bonds. The van der Waals surface area contributed by atoms with Crippen molar-refractivity contribution in [2.75, 3.05) is 13.2 Å². The van der Waals surface area contributed by atoms with Gasteiger partial charge in [0.1, 0.15) is 18.5 Å². The number of hydrogen-bond donors (Lipinski definition) is 2. The highest BCUT2D eigenvalue weighted by atomic mass is 16.5. The van der Waals surface area contributed by atoms with Gasteiger partial charge < -0.3 is 15.6 Å². The molecular weight excluding hydrogens is 202 g/mol. The fourth-order valence-corrected chi connectivity index (χ4v) is 1.52. The SMILES string of the molecule is NC[C@H](O)COc1ccc2ccccc2c1. The molecule has 2 rings (SSSR count). The summed E-state index contributed by atoms with van der Waals surface area (Å²) in [6.07, 6.45) is -0.605. The molecule has 0 aliphatic rings. The van der Waals surface area contributed by atoms with Crippen LogP contribution in [0.3, 0.4) is 0 Å². The summed E-state index contributed by atoms with van der Waals surface area (Å²) in [6.45, 7) is 0.447. The first-order chi connectivity index (χ1) is 7.79. The Kier molecular flexibility index (Phi) is 3.39. The first kappa shape index (κ1) is 10.9. The Morgan fingerprint density at radius 1 is 1.12 bits per heavy atom. The standard InChI is InChI=1S/C13H15NO2/c14-8-12(15)9-16-13-6-5-10-3-1-2-4-11(10)7-13/h1-7,12,15H,8-9,14H2/t12-/m0/s1. The van der Waals surface area contributed by atoms with E-state index in [-0.39, 0.29) is 13.2 Å². The molecule has 1 atom stereocenters. The summed E-state index contributed by atoms with van der Waals surface area (Å²) in [6, 6.07) is 13.9. The Morgan fingerprint density at radius 3 is 2.62 bits per heavy atom. The van der Waals surface area contributed by atoms with Gasteiger partial charge in [0, 0.05) is 6.54 Å². The number of fused-ring (bicyclic) bond motifs is 1. The smallest absolute Gasteiger partial charge is 0.120 e. The van der Waals surface area contributed by atoms with Gasteiger partial charge in [0.25, 0.3) is 0 Å². The van der Waals surface area contributed by atoms with Crippen molar-refractivity contribution in [3.63, 3.8) is 0 Å². The summed E-state index contributed by atoms with van der Waals surface area (Å²) in [5, 5.41) is 11.6. The van der Waals surface area contributed by atoms with Crippen LogP contribution in [0.4, 0.5) is 0 Å². The lowest BCUT2D eigenvalue weighted by atomic mass is 10.1. The van der Waals surface area contributed by atoms with Gasteiger partial charge in [-0.1, -0.05) is 30.3 Å². The van der Waals surface area contributed by atoms with Crippen LogP contribution in [0.15, 0.2) is 42.5 Å². The van der Waals surface area contributed by atoms with E-state index in [0.29, 0.717) is 0 Å². The minimum atomic E-state index is -0.605. The van der Waals surface area contributed by atoms with E-state index in [1.165, 1.54) is 5.39 Å². The van der Waals surface area contributed by atoms with Crippen molar-refractivity contribution < 1.29 is 9.84 Å². The Bertz CT molecular complexity index is 470. The highest BCUT2D eigenvalue weighted by Gasteiger charge is 2.02. The van der Waals surface area contributed by atoms with Gasteiger partial charge in [0.15, 0.2) is 0 Å². The van der Waals surface area contributed by atoms with Gasteiger partial charge in [-0.2, -0.15) is 0 Å². The van der Waals surface area contributed by atoms with Gasteiger partial charge in [-0.25, -0.2) is 0 Å². The topological polar surface area (TPSA) is 55.5 Å². The minimum Gasteiger partial charge on any atom is -0.491 e. The van der Waals surface area contributed by atoms with E-state index in [0.717, 1.165) is 11.1 Å².